The summed E-state index contributed by atoms with van der Waals surface area (Å²) in [7, 11) is 0. The van der Waals surface area contributed by atoms with E-state index in [0.717, 1.165) is 11.1 Å². The first-order chi connectivity index (χ1) is 15.8. The highest BCUT2D eigenvalue weighted by Crippen LogP contribution is 2.26. The van der Waals surface area contributed by atoms with E-state index in [1.807, 2.05) is 57.2 Å². The van der Waals surface area contributed by atoms with Crippen molar-refractivity contribution in [2.45, 2.75) is 32.7 Å². The number of hydrogen-bond donors (Lipinski definition) is 1. The lowest BCUT2D eigenvalue weighted by molar-refractivity contribution is -0.116. The summed E-state index contributed by atoms with van der Waals surface area (Å²) in [6.45, 7) is 5.89. The summed E-state index contributed by atoms with van der Waals surface area (Å²) in [5.74, 6) is 0.646. The highest BCUT2D eigenvalue weighted by molar-refractivity contribution is 6.01. The number of hydrogen-bond acceptors (Lipinski definition) is 6. The Kier molecular flexibility index (Phi) is 4.81. The Morgan fingerprint density at radius 2 is 1.88 bits per heavy atom. The SMILES string of the molecule is CC(C)(C)c1cc(NC(=O)Cn2cnc3c(oc4ccccc43)c2=O)n(-c2ccccn2)n1. The number of anilines is 1. The average molecular weight is 442 g/mol. The van der Waals surface area contributed by atoms with Crippen molar-refractivity contribution < 1.29 is 9.21 Å². The number of nitrogens with zero attached hydrogens (tertiary/aromatic N) is 5. The van der Waals surface area contributed by atoms with Crippen molar-refractivity contribution in [2.75, 3.05) is 5.32 Å². The van der Waals surface area contributed by atoms with Crippen LogP contribution in [0.1, 0.15) is 26.5 Å². The zero-order chi connectivity index (χ0) is 23.2. The summed E-state index contributed by atoms with van der Waals surface area (Å²) in [6, 6.07) is 14.6. The maximum absolute atomic E-state index is 12.9. The van der Waals surface area contributed by atoms with Gasteiger partial charge in [-0.05, 0) is 24.3 Å². The molecule has 166 valence electrons. The molecular formula is C24H22N6O3. The van der Waals surface area contributed by atoms with Gasteiger partial charge >= 0.3 is 0 Å². The van der Waals surface area contributed by atoms with Crippen molar-refractivity contribution in [3.8, 4) is 5.82 Å². The Morgan fingerprint density at radius 1 is 1.09 bits per heavy atom. The van der Waals surface area contributed by atoms with Crippen LogP contribution < -0.4 is 10.9 Å². The third-order valence-corrected chi connectivity index (χ3v) is 5.28. The predicted molar refractivity (Wildman–Crippen MR) is 124 cm³/mol. The summed E-state index contributed by atoms with van der Waals surface area (Å²) in [5.41, 5.74) is 1.33. The first kappa shape index (κ1) is 20.6. The molecule has 0 aliphatic rings. The van der Waals surface area contributed by atoms with Crippen molar-refractivity contribution in [2.24, 2.45) is 0 Å². The quantitative estimate of drug-likeness (QED) is 0.455. The molecular weight excluding hydrogens is 420 g/mol. The van der Waals surface area contributed by atoms with Crippen LogP contribution in [-0.4, -0.2) is 30.2 Å². The zero-order valence-electron chi connectivity index (χ0n) is 18.4. The van der Waals surface area contributed by atoms with Crippen molar-refractivity contribution >= 4 is 33.8 Å². The Hall–Kier alpha value is -4.27. The number of carbonyl (C=O) groups is 1. The molecule has 0 atom stereocenters. The lowest BCUT2D eigenvalue weighted by atomic mass is 9.92. The molecule has 0 saturated carbocycles. The van der Waals surface area contributed by atoms with Gasteiger partial charge in [0.1, 0.15) is 23.5 Å². The third kappa shape index (κ3) is 3.78. The van der Waals surface area contributed by atoms with Crippen molar-refractivity contribution in [1.82, 2.24) is 24.3 Å². The number of furan rings is 1. The number of amides is 1. The van der Waals surface area contributed by atoms with Crippen LogP contribution in [0, 0.1) is 0 Å². The van der Waals surface area contributed by atoms with E-state index in [1.165, 1.54) is 10.9 Å². The van der Waals surface area contributed by atoms with E-state index >= 15 is 0 Å². The number of benzene rings is 1. The van der Waals surface area contributed by atoms with Gasteiger partial charge < -0.3 is 9.73 Å². The Morgan fingerprint density at radius 3 is 2.64 bits per heavy atom. The van der Waals surface area contributed by atoms with Crippen LogP contribution in [0.2, 0.25) is 0 Å². The van der Waals surface area contributed by atoms with Crippen LogP contribution in [0.15, 0.2) is 70.3 Å². The molecule has 0 fully saturated rings. The molecule has 4 aromatic heterocycles. The fourth-order valence-electron chi connectivity index (χ4n) is 3.56. The highest BCUT2D eigenvalue weighted by Gasteiger charge is 2.22. The topological polar surface area (TPSA) is 108 Å². The van der Waals surface area contributed by atoms with Crippen LogP contribution in [-0.2, 0) is 16.8 Å². The molecule has 0 bridgehead atoms. The van der Waals surface area contributed by atoms with Crippen LogP contribution in [0.3, 0.4) is 0 Å². The number of para-hydroxylation sites is 1. The third-order valence-electron chi connectivity index (χ3n) is 5.28. The van der Waals surface area contributed by atoms with E-state index in [-0.39, 0.29) is 17.5 Å². The van der Waals surface area contributed by atoms with Gasteiger partial charge in [-0.3, -0.25) is 14.2 Å². The molecule has 0 unspecified atom stereocenters. The zero-order valence-corrected chi connectivity index (χ0v) is 18.4. The van der Waals surface area contributed by atoms with E-state index in [4.69, 9.17) is 4.42 Å². The Labute approximate surface area is 188 Å². The Bertz CT molecular complexity index is 1540. The summed E-state index contributed by atoms with van der Waals surface area (Å²) in [4.78, 5) is 34.5. The van der Waals surface area contributed by atoms with Crippen LogP contribution in [0.4, 0.5) is 5.82 Å². The molecule has 1 amide bonds. The van der Waals surface area contributed by atoms with Crippen molar-refractivity contribution in [3.05, 3.63) is 77.1 Å². The first-order valence-corrected chi connectivity index (χ1v) is 10.5. The number of aromatic nitrogens is 5. The largest absolute Gasteiger partial charge is 0.448 e. The minimum absolute atomic E-state index is 0.125. The molecule has 0 aliphatic carbocycles. The van der Waals surface area contributed by atoms with Gasteiger partial charge in [0.25, 0.3) is 5.56 Å². The van der Waals surface area contributed by atoms with Gasteiger partial charge in [-0.25, -0.2) is 9.97 Å². The van der Waals surface area contributed by atoms with Gasteiger partial charge in [0.15, 0.2) is 5.82 Å². The van der Waals surface area contributed by atoms with E-state index in [1.54, 1.807) is 23.0 Å². The van der Waals surface area contributed by atoms with E-state index < -0.39 is 11.5 Å². The second kappa shape index (κ2) is 7.70. The summed E-state index contributed by atoms with van der Waals surface area (Å²) in [6.07, 6.45) is 3.02. The number of nitrogens with one attached hydrogen (secondary N) is 1. The molecule has 5 aromatic rings. The second-order valence-corrected chi connectivity index (χ2v) is 8.77. The number of carbonyl (C=O) groups excluding carboxylic acids is 1. The summed E-state index contributed by atoms with van der Waals surface area (Å²) < 4.78 is 8.51. The standard InChI is InChI=1S/C24H22N6O3/c1-24(2,3)17-12-19(30(28-17)18-10-6-7-11-25-18)27-20(31)13-29-14-26-21-15-8-4-5-9-16(15)33-22(21)23(29)32/h4-12,14H,13H2,1-3H3,(H,27,31). The van der Waals surface area contributed by atoms with Gasteiger partial charge in [-0.1, -0.05) is 39.0 Å². The lowest BCUT2D eigenvalue weighted by Gasteiger charge is -2.13. The maximum Gasteiger partial charge on any atom is 0.297 e. The molecule has 33 heavy (non-hydrogen) atoms. The minimum atomic E-state index is -0.417. The molecule has 1 aromatic carbocycles. The smallest absolute Gasteiger partial charge is 0.297 e. The number of pyridine rings is 1. The highest BCUT2D eigenvalue weighted by atomic mass is 16.3. The molecule has 0 saturated heterocycles. The number of rotatable bonds is 4. The van der Waals surface area contributed by atoms with Gasteiger partial charge in [0.05, 0.1) is 12.0 Å². The minimum Gasteiger partial charge on any atom is -0.448 e. The van der Waals surface area contributed by atoms with Crippen LogP contribution in [0.25, 0.3) is 27.9 Å². The predicted octanol–water partition coefficient (Wildman–Crippen LogP) is 3.66. The molecule has 0 radical (unpaired) electrons. The van der Waals surface area contributed by atoms with Crippen LogP contribution >= 0.6 is 0 Å². The Balaban J connectivity index is 1.46. The first-order valence-electron chi connectivity index (χ1n) is 10.5. The second-order valence-electron chi connectivity index (χ2n) is 8.77. The fourth-order valence-corrected chi connectivity index (χ4v) is 3.56. The molecule has 9 heteroatoms. The van der Waals surface area contributed by atoms with E-state index in [9.17, 15) is 9.59 Å². The van der Waals surface area contributed by atoms with Gasteiger partial charge in [-0.2, -0.15) is 9.78 Å². The molecule has 5 rings (SSSR count). The summed E-state index contributed by atoms with van der Waals surface area (Å²) >= 11 is 0. The van der Waals surface area contributed by atoms with Gasteiger partial charge in [0.2, 0.25) is 11.5 Å². The fraction of sp³-hybridized carbons (Fsp3) is 0.208. The van der Waals surface area contributed by atoms with E-state index in [2.05, 4.69) is 20.4 Å². The average Bonchev–Trinajstić information content (AvgIpc) is 3.38. The number of fused-ring (bicyclic) bond motifs is 3. The molecule has 0 spiro atoms. The normalized spacial score (nSPS) is 11.8. The molecule has 0 aliphatic heterocycles. The van der Waals surface area contributed by atoms with Crippen LogP contribution in [0.5, 0.6) is 0 Å². The lowest BCUT2D eigenvalue weighted by Crippen LogP contribution is -2.28. The summed E-state index contributed by atoms with van der Waals surface area (Å²) in [5, 5.41) is 8.25. The van der Waals surface area contributed by atoms with Crippen molar-refractivity contribution in [1.29, 1.82) is 0 Å². The molecule has 4 heterocycles. The molecule has 1 N–H and O–H groups in total. The van der Waals surface area contributed by atoms with Crippen molar-refractivity contribution in [3.63, 3.8) is 0 Å². The van der Waals surface area contributed by atoms with Gasteiger partial charge in [-0.15, -0.1) is 0 Å². The van der Waals surface area contributed by atoms with Gasteiger partial charge in [0, 0.05) is 23.1 Å². The molecule has 9 nitrogen and oxygen atoms in total. The monoisotopic (exact) mass is 442 g/mol. The van der Waals surface area contributed by atoms with E-state index in [0.29, 0.717) is 22.7 Å². The maximum atomic E-state index is 12.9.